The average molecular weight is 647 g/mol. The Morgan fingerprint density at radius 2 is 1.40 bits per heavy atom. The van der Waals surface area contributed by atoms with Crippen LogP contribution in [0.15, 0.2) is 49.6 Å². The minimum absolute atomic E-state index is 0.000270. The summed E-state index contributed by atoms with van der Waals surface area (Å²) in [7, 11) is 1.41. The van der Waals surface area contributed by atoms with E-state index in [4.69, 9.17) is 23.1 Å². The van der Waals surface area contributed by atoms with Gasteiger partial charge in [-0.25, -0.2) is 0 Å². The van der Waals surface area contributed by atoms with Gasteiger partial charge in [0.05, 0.1) is 23.9 Å². The van der Waals surface area contributed by atoms with Gasteiger partial charge in [-0.15, -0.1) is 0 Å². The first-order valence-corrected chi connectivity index (χ1v) is 18.8. The molecule has 0 aliphatic heterocycles. The molecule has 0 aromatic heterocycles. The zero-order valence-corrected chi connectivity index (χ0v) is 29.9. The largest absolute Gasteiger partial charge is 0.465 e. The highest BCUT2D eigenvalue weighted by Crippen LogP contribution is 2.45. The van der Waals surface area contributed by atoms with Crippen molar-refractivity contribution in [1.29, 1.82) is 0 Å². The molecule has 0 radical (unpaired) electrons. The number of unbranched alkanes of at least 4 members (excludes halogenated alkanes) is 5. The lowest BCUT2D eigenvalue weighted by Gasteiger charge is -2.38. The molecule has 0 aliphatic carbocycles. The lowest BCUT2D eigenvalue weighted by molar-refractivity contribution is -0.176. The van der Waals surface area contributed by atoms with Crippen LogP contribution < -0.4 is 0 Å². The molecule has 0 spiro atoms. The van der Waals surface area contributed by atoms with Gasteiger partial charge in [0, 0.05) is 14.2 Å². The first kappa shape index (κ1) is 40.3. The van der Waals surface area contributed by atoms with Crippen molar-refractivity contribution in [2.45, 2.75) is 97.6 Å². The third kappa shape index (κ3) is 13.2. The Hall–Kier alpha value is -2.75. The molecule has 0 fully saturated rings. The van der Waals surface area contributed by atoms with Gasteiger partial charge >= 0.3 is 26.5 Å². The van der Waals surface area contributed by atoms with Gasteiger partial charge in [-0.2, -0.15) is 0 Å². The zero-order valence-electron chi connectivity index (χ0n) is 28.9. The van der Waals surface area contributed by atoms with Gasteiger partial charge in [-0.1, -0.05) is 101 Å². The maximum atomic E-state index is 14.0. The maximum Gasteiger partial charge on any atom is 0.334 e. The monoisotopic (exact) mass is 646 g/mol. The fraction of sp³-hybridized carbons (Fsp3) is 0.639. The minimum Gasteiger partial charge on any atom is -0.465 e. The van der Waals surface area contributed by atoms with E-state index in [1.54, 1.807) is 28.1 Å². The summed E-state index contributed by atoms with van der Waals surface area (Å²) in [4.78, 5) is 40.7. The number of hydrogen-bond acceptors (Lipinski definition) is 8. The molecule has 254 valence electrons. The molecule has 4 atom stereocenters. The Bertz CT molecular complexity index is 1050. The molecule has 4 unspecified atom stereocenters. The average Bonchev–Trinajstić information content (AvgIpc) is 3.04. The van der Waals surface area contributed by atoms with E-state index in [0.29, 0.717) is 12.8 Å². The van der Waals surface area contributed by atoms with Gasteiger partial charge in [-0.05, 0) is 57.2 Å². The second-order valence-electron chi connectivity index (χ2n) is 12.3. The van der Waals surface area contributed by atoms with Crippen LogP contribution in [0.5, 0.6) is 0 Å². The SMILES string of the molecule is C=CCOC(=O)C(C)C(C(=O)OCC=C)C(C)(CC(CC)c1ccc(C)cc1)C(=O)OCCCCCCCC[Si](C)(OC)OC. The Morgan fingerprint density at radius 1 is 0.867 bits per heavy atom. The van der Waals surface area contributed by atoms with E-state index < -0.39 is 43.7 Å². The fourth-order valence-corrected chi connectivity index (χ4v) is 7.18. The van der Waals surface area contributed by atoms with E-state index in [-0.39, 0.29) is 25.7 Å². The van der Waals surface area contributed by atoms with Crippen LogP contribution in [0.25, 0.3) is 0 Å². The molecule has 9 heteroatoms. The number of esters is 3. The Labute approximate surface area is 273 Å². The summed E-state index contributed by atoms with van der Waals surface area (Å²) in [6.45, 7) is 16.9. The summed E-state index contributed by atoms with van der Waals surface area (Å²) >= 11 is 0. The van der Waals surface area contributed by atoms with Crippen LogP contribution in [-0.2, 0) is 37.4 Å². The summed E-state index contributed by atoms with van der Waals surface area (Å²) in [6.07, 6.45) is 9.85. The number of rotatable bonds is 24. The highest BCUT2D eigenvalue weighted by Gasteiger charge is 2.53. The number of hydrogen-bond donors (Lipinski definition) is 0. The lowest BCUT2D eigenvalue weighted by Crippen LogP contribution is -2.48. The second-order valence-corrected chi connectivity index (χ2v) is 15.9. The smallest absolute Gasteiger partial charge is 0.334 e. The lowest BCUT2D eigenvalue weighted by atomic mass is 9.65. The molecule has 0 amide bonds. The van der Waals surface area contributed by atoms with E-state index in [1.807, 2.05) is 19.1 Å². The zero-order chi connectivity index (χ0) is 33.9. The third-order valence-electron chi connectivity index (χ3n) is 8.80. The highest BCUT2D eigenvalue weighted by atomic mass is 28.4. The van der Waals surface area contributed by atoms with Crippen LogP contribution >= 0.6 is 0 Å². The summed E-state index contributed by atoms with van der Waals surface area (Å²) in [5.41, 5.74) is 0.821. The third-order valence-corrected chi connectivity index (χ3v) is 11.8. The van der Waals surface area contributed by atoms with Crippen molar-refractivity contribution < 1.29 is 37.4 Å². The quantitative estimate of drug-likeness (QED) is 0.0368. The summed E-state index contributed by atoms with van der Waals surface area (Å²) < 4.78 is 27.8. The number of carbonyl (C=O) groups is 3. The number of benzene rings is 1. The van der Waals surface area contributed by atoms with Crippen LogP contribution in [0.1, 0.15) is 89.2 Å². The molecule has 0 bridgehead atoms. The van der Waals surface area contributed by atoms with E-state index in [9.17, 15) is 14.4 Å². The van der Waals surface area contributed by atoms with Gasteiger partial charge in [-0.3, -0.25) is 14.4 Å². The number of ether oxygens (including phenoxy) is 3. The molecular weight excluding hydrogens is 588 g/mol. The van der Waals surface area contributed by atoms with E-state index >= 15 is 0 Å². The number of carbonyl (C=O) groups excluding carboxylic acids is 3. The predicted molar refractivity (Wildman–Crippen MR) is 181 cm³/mol. The molecule has 0 aliphatic rings. The van der Waals surface area contributed by atoms with Crippen molar-refractivity contribution >= 4 is 26.5 Å². The summed E-state index contributed by atoms with van der Waals surface area (Å²) in [5, 5.41) is 0. The van der Waals surface area contributed by atoms with Gasteiger partial charge in [0.1, 0.15) is 13.2 Å². The molecule has 1 rings (SSSR count). The fourth-order valence-electron chi connectivity index (χ4n) is 5.71. The molecule has 8 nitrogen and oxygen atoms in total. The van der Waals surface area contributed by atoms with E-state index in [0.717, 1.165) is 55.7 Å². The van der Waals surface area contributed by atoms with Crippen molar-refractivity contribution in [3.8, 4) is 0 Å². The molecule has 45 heavy (non-hydrogen) atoms. The molecule has 1 aromatic rings. The highest BCUT2D eigenvalue weighted by molar-refractivity contribution is 6.65. The Kier molecular flexibility index (Phi) is 18.9. The summed E-state index contributed by atoms with van der Waals surface area (Å²) in [6, 6.07) is 9.14. The number of aryl methyl sites for hydroxylation is 1. The second kappa shape index (κ2) is 21.1. The normalized spacial score (nSPS) is 14.8. The van der Waals surface area contributed by atoms with Crippen molar-refractivity contribution in [2.75, 3.05) is 34.0 Å². The first-order valence-electron chi connectivity index (χ1n) is 16.3. The Morgan fingerprint density at radius 3 is 1.93 bits per heavy atom. The first-order chi connectivity index (χ1) is 21.4. The molecule has 0 saturated heterocycles. The minimum atomic E-state index is -2.02. The molecule has 0 N–H and O–H groups in total. The topological polar surface area (TPSA) is 97.4 Å². The van der Waals surface area contributed by atoms with Crippen molar-refractivity contribution in [3.63, 3.8) is 0 Å². The van der Waals surface area contributed by atoms with Crippen molar-refractivity contribution in [2.24, 2.45) is 17.3 Å². The van der Waals surface area contributed by atoms with Crippen LogP contribution in [0.3, 0.4) is 0 Å². The molecular formula is C36H58O8Si. The predicted octanol–water partition coefficient (Wildman–Crippen LogP) is 7.84. The van der Waals surface area contributed by atoms with Crippen molar-refractivity contribution in [3.05, 3.63) is 60.7 Å². The van der Waals surface area contributed by atoms with Gasteiger partial charge < -0.3 is 23.1 Å². The van der Waals surface area contributed by atoms with Gasteiger partial charge in [0.2, 0.25) is 0 Å². The maximum absolute atomic E-state index is 14.0. The summed E-state index contributed by atoms with van der Waals surface area (Å²) in [5.74, 6) is -3.92. The molecule has 0 heterocycles. The van der Waals surface area contributed by atoms with Gasteiger partial charge in [0.25, 0.3) is 0 Å². The van der Waals surface area contributed by atoms with Gasteiger partial charge in [0.15, 0.2) is 0 Å². The van der Waals surface area contributed by atoms with Crippen LogP contribution in [-0.4, -0.2) is 60.5 Å². The van der Waals surface area contributed by atoms with Crippen molar-refractivity contribution in [1.82, 2.24) is 0 Å². The van der Waals surface area contributed by atoms with Crippen LogP contribution in [0.2, 0.25) is 12.6 Å². The van der Waals surface area contributed by atoms with E-state index in [2.05, 4.69) is 38.8 Å². The standard InChI is InChI=1S/C36H58O8Si/c1-10-23-42-33(37)29(5)32(34(38)43-24-11-2)36(6,27-30(12-3)31-21-19-28(4)20-22-31)35(39)44-25-17-15-13-14-16-18-26-45(9,40-7)41-8/h10-11,19-22,29-30,32H,1-2,12-18,23-27H2,3-9H3. The molecule has 1 aromatic carbocycles. The van der Waals surface area contributed by atoms with Crippen LogP contribution in [0, 0.1) is 24.2 Å². The van der Waals surface area contributed by atoms with E-state index in [1.165, 1.54) is 12.2 Å². The van der Waals surface area contributed by atoms with Crippen LogP contribution in [0.4, 0.5) is 0 Å². The molecule has 0 saturated carbocycles. The Balaban J connectivity index is 3.12.